The summed E-state index contributed by atoms with van der Waals surface area (Å²) in [6, 6.07) is 7.48. The molecule has 2 N–H and O–H groups in total. The lowest BCUT2D eigenvalue weighted by Crippen LogP contribution is -2.40. The molecule has 1 aliphatic rings. The summed E-state index contributed by atoms with van der Waals surface area (Å²) in [7, 11) is 1.61. The summed E-state index contributed by atoms with van der Waals surface area (Å²) >= 11 is 0. The number of carbonyl (C=O) groups excluding carboxylic acids is 1. The highest BCUT2D eigenvalue weighted by molar-refractivity contribution is 5.94. The number of carbonyl (C=O) groups is 1. The number of hydrogen-bond acceptors (Lipinski definition) is 3. The summed E-state index contributed by atoms with van der Waals surface area (Å²) in [5.41, 5.74) is 0.739. The number of nitrogens with one attached hydrogen (secondary N) is 2. The molecule has 1 aliphatic heterocycles. The molecule has 0 spiro atoms. The molecule has 4 nitrogen and oxygen atoms in total. The van der Waals surface area contributed by atoms with Gasteiger partial charge in [-0.15, -0.1) is 0 Å². The fourth-order valence-corrected chi connectivity index (χ4v) is 2.34. The number of para-hydroxylation sites is 2. The largest absolute Gasteiger partial charge is 0.495 e. The van der Waals surface area contributed by atoms with E-state index in [4.69, 9.17) is 4.74 Å². The average molecular weight is 248 g/mol. The lowest BCUT2D eigenvalue weighted by Gasteiger charge is -2.27. The van der Waals surface area contributed by atoms with Crippen molar-refractivity contribution >= 4 is 11.6 Å². The Morgan fingerprint density at radius 3 is 2.89 bits per heavy atom. The molecule has 2 atom stereocenters. The van der Waals surface area contributed by atoms with E-state index in [1.54, 1.807) is 7.11 Å². The zero-order valence-corrected chi connectivity index (χ0v) is 10.9. The maximum absolute atomic E-state index is 12.2. The topological polar surface area (TPSA) is 50.4 Å². The Morgan fingerprint density at radius 1 is 1.39 bits per heavy atom. The van der Waals surface area contributed by atoms with Gasteiger partial charge in [0.15, 0.2) is 0 Å². The average Bonchev–Trinajstić information content (AvgIpc) is 2.39. The van der Waals surface area contributed by atoms with Crippen LogP contribution in [-0.2, 0) is 4.79 Å². The van der Waals surface area contributed by atoms with Crippen molar-refractivity contribution in [2.24, 2.45) is 11.8 Å². The number of methoxy groups -OCH3 is 1. The molecule has 4 heteroatoms. The van der Waals surface area contributed by atoms with Crippen molar-refractivity contribution in [3.8, 4) is 5.75 Å². The normalized spacial score (nSPS) is 23.4. The van der Waals surface area contributed by atoms with Crippen LogP contribution in [0.3, 0.4) is 0 Å². The van der Waals surface area contributed by atoms with E-state index in [0.717, 1.165) is 25.2 Å². The van der Waals surface area contributed by atoms with Crippen molar-refractivity contribution in [3.05, 3.63) is 24.3 Å². The first-order valence-electron chi connectivity index (χ1n) is 6.35. The zero-order valence-electron chi connectivity index (χ0n) is 10.9. The van der Waals surface area contributed by atoms with Gasteiger partial charge >= 0.3 is 0 Å². The van der Waals surface area contributed by atoms with Gasteiger partial charge in [-0.2, -0.15) is 0 Å². The predicted octanol–water partition coefficient (Wildman–Crippen LogP) is 1.88. The first-order valence-corrected chi connectivity index (χ1v) is 6.35. The second-order valence-electron chi connectivity index (χ2n) is 4.89. The number of ether oxygens (including phenoxy) is 1. The molecule has 1 amide bonds. The Bertz CT molecular complexity index is 420. The maximum Gasteiger partial charge on any atom is 0.228 e. The maximum atomic E-state index is 12.2. The highest BCUT2D eigenvalue weighted by Crippen LogP contribution is 2.25. The zero-order chi connectivity index (χ0) is 13.0. The van der Waals surface area contributed by atoms with Crippen molar-refractivity contribution in [3.63, 3.8) is 0 Å². The Balaban J connectivity index is 2.02. The molecule has 2 unspecified atom stereocenters. The summed E-state index contributed by atoms with van der Waals surface area (Å²) in [4.78, 5) is 12.2. The first-order chi connectivity index (χ1) is 8.70. The van der Waals surface area contributed by atoms with E-state index in [9.17, 15) is 4.79 Å². The molecule has 2 rings (SSSR count). The van der Waals surface area contributed by atoms with Crippen molar-refractivity contribution in [2.45, 2.75) is 13.3 Å². The third-order valence-corrected chi connectivity index (χ3v) is 3.31. The van der Waals surface area contributed by atoms with Gasteiger partial charge in [0.1, 0.15) is 5.75 Å². The van der Waals surface area contributed by atoms with Gasteiger partial charge in [-0.3, -0.25) is 4.79 Å². The molecule has 0 aromatic heterocycles. The van der Waals surface area contributed by atoms with Crippen LogP contribution >= 0.6 is 0 Å². The molecule has 1 saturated heterocycles. The van der Waals surface area contributed by atoms with Gasteiger partial charge < -0.3 is 15.4 Å². The molecule has 1 fully saturated rings. The lowest BCUT2D eigenvalue weighted by atomic mass is 9.91. The first kappa shape index (κ1) is 12.9. The van der Waals surface area contributed by atoms with E-state index in [1.165, 1.54) is 0 Å². The lowest BCUT2D eigenvalue weighted by molar-refractivity contribution is -0.120. The second-order valence-corrected chi connectivity index (χ2v) is 4.89. The van der Waals surface area contributed by atoms with E-state index in [-0.39, 0.29) is 11.8 Å². The number of amides is 1. The van der Waals surface area contributed by atoms with E-state index >= 15 is 0 Å². The fraction of sp³-hybridized carbons (Fsp3) is 0.500. The fourth-order valence-electron chi connectivity index (χ4n) is 2.34. The van der Waals surface area contributed by atoms with Crippen LogP contribution in [0.2, 0.25) is 0 Å². The van der Waals surface area contributed by atoms with Crippen LogP contribution in [0.25, 0.3) is 0 Å². The van der Waals surface area contributed by atoms with Gasteiger partial charge in [-0.05, 0) is 31.0 Å². The van der Waals surface area contributed by atoms with Crippen LogP contribution in [0.5, 0.6) is 5.75 Å². The highest BCUT2D eigenvalue weighted by Gasteiger charge is 2.25. The summed E-state index contributed by atoms with van der Waals surface area (Å²) in [5, 5.41) is 6.24. The minimum Gasteiger partial charge on any atom is -0.495 e. The molecule has 0 radical (unpaired) electrons. The highest BCUT2D eigenvalue weighted by atomic mass is 16.5. The van der Waals surface area contributed by atoms with E-state index in [0.29, 0.717) is 11.7 Å². The molecule has 0 saturated carbocycles. The van der Waals surface area contributed by atoms with Crippen molar-refractivity contribution in [1.82, 2.24) is 5.32 Å². The van der Waals surface area contributed by atoms with Crippen LogP contribution in [0.1, 0.15) is 13.3 Å². The van der Waals surface area contributed by atoms with Crippen molar-refractivity contribution < 1.29 is 9.53 Å². The summed E-state index contributed by atoms with van der Waals surface area (Å²) in [6.07, 6.45) is 0.938. The third-order valence-electron chi connectivity index (χ3n) is 3.31. The summed E-state index contributed by atoms with van der Waals surface area (Å²) in [5.74, 6) is 1.35. The van der Waals surface area contributed by atoms with E-state index < -0.39 is 0 Å². The molecular formula is C14H20N2O2. The molecular weight excluding hydrogens is 228 g/mol. The van der Waals surface area contributed by atoms with Gasteiger partial charge in [0.2, 0.25) is 5.91 Å². The van der Waals surface area contributed by atoms with Crippen LogP contribution < -0.4 is 15.4 Å². The Labute approximate surface area is 108 Å². The minimum atomic E-state index is 0.0404. The van der Waals surface area contributed by atoms with Gasteiger partial charge in [-0.1, -0.05) is 19.1 Å². The molecule has 0 aliphatic carbocycles. The van der Waals surface area contributed by atoms with Gasteiger partial charge in [0.05, 0.1) is 18.7 Å². The number of piperidine rings is 1. The van der Waals surface area contributed by atoms with E-state index in [2.05, 4.69) is 17.6 Å². The third kappa shape index (κ3) is 3.01. The number of hydrogen-bond donors (Lipinski definition) is 2. The minimum absolute atomic E-state index is 0.0404. The van der Waals surface area contributed by atoms with Gasteiger partial charge in [0, 0.05) is 6.54 Å². The van der Waals surface area contributed by atoms with Crippen LogP contribution in [0.15, 0.2) is 24.3 Å². The molecule has 1 aromatic carbocycles. The Hall–Kier alpha value is -1.55. The van der Waals surface area contributed by atoms with Gasteiger partial charge in [0.25, 0.3) is 0 Å². The number of rotatable bonds is 3. The molecule has 1 heterocycles. The smallest absolute Gasteiger partial charge is 0.228 e. The molecule has 98 valence electrons. The van der Waals surface area contributed by atoms with Crippen molar-refractivity contribution in [1.29, 1.82) is 0 Å². The van der Waals surface area contributed by atoms with E-state index in [1.807, 2.05) is 24.3 Å². The quantitative estimate of drug-likeness (QED) is 0.858. The molecule has 1 aromatic rings. The van der Waals surface area contributed by atoms with Gasteiger partial charge in [-0.25, -0.2) is 0 Å². The number of anilines is 1. The predicted molar refractivity (Wildman–Crippen MR) is 71.8 cm³/mol. The summed E-state index contributed by atoms with van der Waals surface area (Å²) < 4.78 is 5.22. The Morgan fingerprint density at radius 2 is 2.17 bits per heavy atom. The molecule has 18 heavy (non-hydrogen) atoms. The van der Waals surface area contributed by atoms with Crippen LogP contribution in [-0.4, -0.2) is 26.1 Å². The Kier molecular flexibility index (Phi) is 4.20. The van der Waals surface area contributed by atoms with Crippen LogP contribution in [0, 0.1) is 11.8 Å². The van der Waals surface area contributed by atoms with Crippen LogP contribution in [0.4, 0.5) is 5.69 Å². The molecule has 0 bridgehead atoms. The number of benzene rings is 1. The van der Waals surface area contributed by atoms with Crippen molar-refractivity contribution in [2.75, 3.05) is 25.5 Å². The second kappa shape index (κ2) is 5.87. The standard InChI is InChI=1S/C14H20N2O2/c1-10-7-11(9-15-8-10)14(17)16-12-5-3-4-6-13(12)18-2/h3-6,10-11,15H,7-9H2,1-2H3,(H,16,17). The summed E-state index contributed by atoms with van der Waals surface area (Å²) in [6.45, 7) is 3.92. The monoisotopic (exact) mass is 248 g/mol. The SMILES string of the molecule is COc1ccccc1NC(=O)C1CNCC(C)C1.